The summed E-state index contributed by atoms with van der Waals surface area (Å²) >= 11 is 0. The first-order valence-corrected chi connectivity index (χ1v) is 13.1. The van der Waals surface area contributed by atoms with E-state index in [0.29, 0.717) is 19.3 Å². The first-order chi connectivity index (χ1) is 16.6. The average molecular weight is 505 g/mol. The lowest BCUT2D eigenvalue weighted by Crippen LogP contribution is -1.93. The van der Waals surface area contributed by atoms with Crippen LogP contribution in [0.5, 0.6) is 0 Å². The van der Waals surface area contributed by atoms with Gasteiger partial charge in [-0.2, -0.15) is 0 Å². The maximum absolute atomic E-state index is 10.0. The molecular weight excluding hydrogens is 452 g/mol. The van der Waals surface area contributed by atoms with Crippen LogP contribution in [0.15, 0.2) is 12.7 Å². The Balaban J connectivity index is -0.000000188. The Labute approximate surface area is 212 Å². The van der Waals surface area contributed by atoms with Gasteiger partial charge in [0.15, 0.2) is 0 Å². The summed E-state index contributed by atoms with van der Waals surface area (Å²) in [5, 5.41) is 32.4. The summed E-state index contributed by atoms with van der Waals surface area (Å²) in [6.45, 7) is 9.41. The molecule has 0 atom stereocenters. The fourth-order valence-corrected chi connectivity index (χ4v) is 2.64. The van der Waals surface area contributed by atoms with E-state index in [1.165, 1.54) is 57.8 Å². The van der Waals surface area contributed by atoms with E-state index in [0.717, 1.165) is 44.6 Å². The molecule has 8 nitrogen and oxygen atoms in total. The number of carboxylic acids is 4. The molecule has 4 N–H and O–H groups in total. The Morgan fingerprint density at radius 1 is 0.486 bits per heavy atom. The second-order valence-corrected chi connectivity index (χ2v) is 8.22. The SMILES string of the molecule is C=CC(=O)O.CCCCCCCC(=O)O.CCCCCCCC(=O)O.CCCCCCCC(=O)O. The molecule has 0 aromatic rings. The summed E-state index contributed by atoms with van der Waals surface area (Å²) in [5.74, 6) is -2.99. The van der Waals surface area contributed by atoms with Crippen LogP contribution in [0.25, 0.3) is 0 Å². The highest BCUT2D eigenvalue weighted by Crippen LogP contribution is 2.05. The molecule has 0 saturated carbocycles. The van der Waals surface area contributed by atoms with Gasteiger partial charge in [-0.1, -0.05) is 104 Å². The Morgan fingerprint density at radius 3 is 0.829 bits per heavy atom. The van der Waals surface area contributed by atoms with Crippen LogP contribution in [0.1, 0.15) is 136 Å². The summed E-state index contributed by atoms with van der Waals surface area (Å²) in [5.41, 5.74) is 0. The predicted octanol–water partition coefficient (Wildman–Crippen LogP) is 7.55. The number of unbranched alkanes of at least 4 members (excludes halogenated alkanes) is 12. The van der Waals surface area contributed by atoms with Gasteiger partial charge >= 0.3 is 23.9 Å². The van der Waals surface area contributed by atoms with E-state index >= 15 is 0 Å². The lowest BCUT2D eigenvalue weighted by Gasteiger charge is -1.95. The normalized spacial score (nSPS) is 9.23. The van der Waals surface area contributed by atoms with Gasteiger partial charge < -0.3 is 20.4 Å². The van der Waals surface area contributed by atoms with Crippen molar-refractivity contribution >= 4 is 23.9 Å². The van der Waals surface area contributed by atoms with Crippen molar-refractivity contribution in [1.29, 1.82) is 0 Å². The number of hydrogen-bond donors (Lipinski definition) is 4. The van der Waals surface area contributed by atoms with E-state index in [4.69, 9.17) is 20.4 Å². The van der Waals surface area contributed by atoms with E-state index < -0.39 is 23.9 Å². The van der Waals surface area contributed by atoms with Crippen LogP contribution in [0, 0.1) is 0 Å². The molecule has 0 spiro atoms. The minimum absolute atomic E-state index is 0.337. The summed E-state index contributed by atoms with van der Waals surface area (Å²) in [7, 11) is 0. The van der Waals surface area contributed by atoms with Crippen LogP contribution in [0.4, 0.5) is 0 Å². The molecule has 0 saturated heterocycles. The van der Waals surface area contributed by atoms with Gasteiger partial charge in [0, 0.05) is 25.3 Å². The fraction of sp³-hybridized carbons (Fsp3) is 0.778. The van der Waals surface area contributed by atoms with Crippen LogP contribution in [-0.4, -0.2) is 44.3 Å². The van der Waals surface area contributed by atoms with Gasteiger partial charge in [-0.3, -0.25) is 14.4 Å². The molecule has 0 aliphatic heterocycles. The molecule has 8 heteroatoms. The van der Waals surface area contributed by atoms with Crippen molar-refractivity contribution in [1.82, 2.24) is 0 Å². The molecule has 0 rings (SSSR count). The second-order valence-electron chi connectivity index (χ2n) is 8.22. The van der Waals surface area contributed by atoms with Crippen molar-refractivity contribution in [3.05, 3.63) is 12.7 Å². The third-order valence-corrected chi connectivity index (χ3v) is 4.66. The number of carboxylic acid groups (broad SMARTS) is 4. The van der Waals surface area contributed by atoms with Gasteiger partial charge in [-0.05, 0) is 19.3 Å². The summed E-state index contributed by atoms with van der Waals surface area (Å²) in [6.07, 6.45) is 18.5. The quantitative estimate of drug-likeness (QED) is 0.104. The molecule has 0 aliphatic rings. The Kier molecular flexibility index (Phi) is 41.2. The number of rotatable bonds is 19. The molecule has 0 amide bonds. The summed E-state index contributed by atoms with van der Waals surface area (Å²) < 4.78 is 0. The van der Waals surface area contributed by atoms with Crippen LogP contribution in [0.2, 0.25) is 0 Å². The van der Waals surface area contributed by atoms with Gasteiger partial charge in [0.25, 0.3) is 0 Å². The molecule has 0 unspecified atom stereocenters. The van der Waals surface area contributed by atoms with Crippen LogP contribution in [-0.2, 0) is 19.2 Å². The molecule has 0 radical (unpaired) electrons. The number of hydrogen-bond acceptors (Lipinski definition) is 4. The van der Waals surface area contributed by atoms with Crippen molar-refractivity contribution < 1.29 is 39.6 Å². The monoisotopic (exact) mass is 504 g/mol. The molecule has 35 heavy (non-hydrogen) atoms. The third kappa shape index (κ3) is 65.2. The van der Waals surface area contributed by atoms with Crippen molar-refractivity contribution in [2.75, 3.05) is 0 Å². The number of aliphatic carboxylic acids is 4. The molecular formula is C27H52O8. The summed E-state index contributed by atoms with van der Waals surface area (Å²) in [4.78, 5) is 39.3. The highest BCUT2D eigenvalue weighted by atomic mass is 16.4. The highest BCUT2D eigenvalue weighted by molar-refractivity contribution is 5.78. The van der Waals surface area contributed by atoms with Gasteiger partial charge in [-0.25, -0.2) is 4.79 Å². The first kappa shape index (κ1) is 39.8. The zero-order valence-corrected chi connectivity index (χ0v) is 22.4. The van der Waals surface area contributed by atoms with Crippen molar-refractivity contribution in [2.45, 2.75) is 136 Å². The molecule has 0 fully saturated rings. The average Bonchev–Trinajstić information content (AvgIpc) is 2.79. The topological polar surface area (TPSA) is 149 Å². The van der Waals surface area contributed by atoms with Crippen molar-refractivity contribution in [3.63, 3.8) is 0 Å². The predicted molar refractivity (Wildman–Crippen MR) is 141 cm³/mol. The zero-order chi connectivity index (χ0) is 27.7. The second kappa shape index (κ2) is 36.2. The molecule has 208 valence electrons. The van der Waals surface area contributed by atoms with Crippen molar-refractivity contribution in [2.24, 2.45) is 0 Å². The van der Waals surface area contributed by atoms with Gasteiger partial charge in [0.1, 0.15) is 0 Å². The van der Waals surface area contributed by atoms with Gasteiger partial charge in [0.05, 0.1) is 0 Å². The van der Waals surface area contributed by atoms with E-state index in [-0.39, 0.29) is 0 Å². The van der Waals surface area contributed by atoms with Gasteiger partial charge in [-0.15, -0.1) is 0 Å². The molecule has 0 aliphatic carbocycles. The van der Waals surface area contributed by atoms with Crippen LogP contribution < -0.4 is 0 Å². The standard InChI is InChI=1S/3C8H16O2.C3H4O2/c3*1-2-3-4-5-6-7-8(9)10;1-2-3(4)5/h3*2-7H2,1H3,(H,9,10);2H,1H2,(H,4,5). The molecule has 0 heterocycles. The van der Waals surface area contributed by atoms with E-state index in [9.17, 15) is 19.2 Å². The lowest BCUT2D eigenvalue weighted by molar-refractivity contribution is -0.138. The zero-order valence-electron chi connectivity index (χ0n) is 22.4. The highest BCUT2D eigenvalue weighted by Gasteiger charge is 1.96. The Hall–Kier alpha value is -2.38. The van der Waals surface area contributed by atoms with Crippen molar-refractivity contribution in [3.8, 4) is 0 Å². The maximum Gasteiger partial charge on any atom is 0.327 e. The van der Waals surface area contributed by atoms with E-state index in [1.54, 1.807) is 0 Å². The first-order valence-electron chi connectivity index (χ1n) is 13.1. The smallest absolute Gasteiger partial charge is 0.327 e. The third-order valence-electron chi connectivity index (χ3n) is 4.66. The Bertz CT molecular complexity index is 446. The lowest BCUT2D eigenvalue weighted by atomic mass is 10.1. The molecule has 0 bridgehead atoms. The largest absolute Gasteiger partial charge is 0.481 e. The summed E-state index contributed by atoms with van der Waals surface area (Å²) in [6, 6.07) is 0. The molecule has 0 aromatic heterocycles. The minimum atomic E-state index is -0.981. The van der Waals surface area contributed by atoms with Crippen LogP contribution >= 0.6 is 0 Å². The van der Waals surface area contributed by atoms with E-state index in [1.807, 2.05) is 0 Å². The minimum Gasteiger partial charge on any atom is -0.481 e. The van der Waals surface area contributed by atoms with E-state index in [2.05, 4.69) is 27.4 Å². The fourth-order valence-electron chi connectivity index (χ4n) is 2.64. The van der Waals surface area contributed by atoms with Crippen LogP contribution in [0.3, 0.4) is 0 Å². The molecule has 0 aromatic carbocycles. The Morgan fingerprint density at radius 2 is 0.686 bits per heavy atom. The maximum atomic E-state index is 10.0. The number of carbonyl (C=O) groups is 4. The van der Waals surface area contributed by atoms with Gasteiger partial charge in [0.2, 0.25) is 0 Å².